The molecule has 0 aromatic heterocycles. The summed E-state index contributed by atoms with van der Waals surface area (Å²) in [6, 6.07) is 11.0. The molecular weight excluding hydrogens is 437 g/mol. The molecule has 4 nitrogen and oxygen atoms in total. The number of hydrogen-bond acceptors (Lipinski definition) is 2. The van der Waals surface area contributed by atoms with Crippen molar-refractivity contribution < 1.29 is 22.8 Å². The van der Waals surface area contributed by atoms with Crippen LogP contribution in [0.4, 0.5) is 23.7 Å². The maximum absolute atomic E-state index is 12.5. The Labute approximate surface area is 160 Å². The molecule has 0 fully saturated rings. The van der Waals surface area contributed by atoms with Crippen LogP contribution in [0.1, 0.15) is 15.9 Å². The van der Waals surface area contributed by atoms with E-state index in [1.807, 2.05) is 0 Å². The molecule has 0 bridgehead atoms. The van der Waals surface area contributed by atoms with Gasteiger partial charge in [-0.15, -0.1) is 0 Å². The number of urea groups is 1. The van der Waals surface area contributed by atoms with E-state index in [1.165, 1.54) is 36.4 Å². The first kappa shape index (κ1) is 20.0. The van der Waals surface area contributed by atoms with Crippen LogP contribution in [-0.2, 0) is 0 Å². The van der Waals surface area contributed by atoms with E-state index < -0.39 is 22.6 Å². The third-order valence-electron chi connectivity index (χ3n) is 3.08. The largest absolute Gasteiger partial charge is 0.422 e. The zero-order valence-corrected chi connectivity index (χ0v) is 15.2. The van der Waals surface area contributed by atoms with Crippen LogP contribution in [-0.4, -0.2) is 18.1 Å². The molecule has 0 aliphatic heterocycles. The second-order valence-corrected chi connectivity index (χ2v) is 6.26. The van der Waals surface area contributed by atoms with Crippen molar-refractivity contribution >= 4 is 51.2 Å². The van der Waals surface area contributed by atoms with Crippen LogP contribution in [0.5, 0.6) is 0 Å². The van der Waals surface area contributed by atoms with Gasteiger partial charge in [-0.2, -0.15) is 13.2 Å². The number of imide groups is 1. The highest BCUT2D eigenvalue weighted by molar-refractivity contribution is 9.11. The summed E-state index contributed by atoms with van der Waals surface area (Å²) in [4.78, 5) is 23.8. The number of anilines is 1. The Bertz CT molecular complexity index is 852. The van der Waals surface area contributed by atoms with Gasteiger partial charge in [0.25, 0.3) is 5.91 Å². The minimum Gasteiger partial charge on any atom is -0.308 e. The number of amides is 3. The predicted octanol–water partition coefficient (Wildman–Crippen LogP) is 5.60. The highest BCUT2D eigenvalue weighted by Gasteiger charge is 2.31. The molecular formula is C17H11BrClF3N2O2. The molecule has 0 aliphatic carbocycles. The zero-order valence-electron chi connectivity index (χ0n) is 12.9. The lowest BCUT2D eigenvalue weighted by molar-refractivity contribution is -0.0820. The van der Waals surface area contributed by atoms with Crippen LogP contribution >= 0.6 is 27.5 Å². The molecule has 0 aliphatic rings. The molecule has 2 rings (SSSR count). The van der Waals surface area contributed by atoms with Gasteiger partial charge in [0.2, 0.25) is 0 Å². The van der Waals surface area contributed by atoms with E-state index in [0.29, 0.717) is 5.69 Å². The van der Waals surface area contributed by atoms with Crippen molar-refractivity contribution in [2.75, 3.05) is 5.32 Å². The summed E-state index contributed by atoms with van der Waals surface area (Å²) >= 11 is 8.33. The first-order valence-corrected chi connectivity index (χ1v) is 8.25. The lowest BCUT2D eigenvalue weighted by Gasteiger charge is -2.08. The van der Waals surface area contributed by atoms with Crippen molar-refractivity contribution in [2.24, 2.45) is 0 Å². The van der Waals surface area contributed by atoms with Gasteiger partial charge < -0.3 is 5.32 Å². The van der Waals surface area contributed by atoms with Gasteiger partial charge in [-0.1, -0.05) is 35.9 Å². The standard InChI is InChI=1S/C17H11BrClF3N2O2/c18-14(17(20,21)22)9-10-5-7-11(8-6-10)23-16(26)24-15(25)12-3-1-2-4-13(12)19/h1-9H,(H2,23,24,25,26)/b14-9-. The van der Waals surface area contributed by atoms with E-state index >= 15 is 0 Å². The SMILES string of the molecule is O=C(NC(=O)c1ccccc1Cl)Nc1ccc(/C=C(\Br)C(F)(F)F)cc1. The zero-order chi connectivity index (χ0) is 19.3. The van der Waals surface area contributed by atoms with Gasteiger partial charge in [0.1, 0.15) is 0 Å². The van der Waals surface area contributed by atoms with Crippen LogP contribution in [0.25, 0.3) is 6.08 Å². The lowest BCUT2D eigenvalue weighted by atomic mass is 10.2. The topological polar surface area (TPSA) is 58.2 Å². The Morgan fingerprint density at radius 3 is 2.23 bits per heavy atom. The van der Waals surface area contributed by atoms with Crippen molar-refractivity contribution in [1.82, 2.24) is 5.32 Å². The van der Waals surface area contributed by atoms with Crippen molar-refractivity contribution in [3.8, 4) is 0 Å². The molecule has 0 atom stereocenters. The second-order valence-electron chi connectivity index (χ2n) is 5.00. The molecule has 0 unspecified atom stereocenters. The van der Waals surface area contributed by atoms with E-state index in [-0.39, 0.29) is 16.1 Å². The molecule has 2 aromatic carbocycles. The fourth-order valence-corrected chi connectivity index (χ4v) is 2.35. The van der Waals surface area contributed by atoms with Crippen LogP contribution in [0.2, 0.25) is 5.02 Å². The van der Waals surface area contributed by atoms with E-state index in [2.05, 4.69) is 26.6 Å². The van der Waals surface area contributed by atoms with Crippen molar-refractivity contribution in [3.63, 3.8) is 0 Å². The highest BCUT2D eigenvalue weighted by atomic mass is 79.9. The third kappa shape index (κ3) is 5.60. The van der Waals surface area contributed by atoms with E-state index in [0.717, 1.165) is 6.08 Å². The van der Waals surface area contributed by atoms with Crippen LogP contribution in [0, 0.1) is 0 Å². The predicted molar refractivity (Wildman–Crippen MR) is 97.3 cm³/mol. The third-order valence-corrected chi connectivity index (χ3v) is 4.09. The molecule has 2 aromatic rings. The lowest BCUT2D eigenvalue weighted by Crippen LogP contribution is -2.34. The Kier molecular flexibility index (Phi) is 6.44. The maximum atomic E-state index is 12.5. The van der Waals surface area contributed by atoms with Gasteiger partial charge in [-0.05, 0) is 51.8 Å². The first-order valence-electron chi connectivity index (χ1n) is 7.08. The molecule has 0 saturated heterocycles. The molecule has 2 N–H and O–H groups in total. The Morgan fingerprint density at radius 1 is 1.04 bits per heavy atom. The number of allylic oxidation sites excluding steroid dienone is 1. The molecule has 26 heavy (non-hydrogen) atoms. The van der Waals surface area contributed by atoms with Crippen molar-refractivity contribution in [2.45, 2.75) is 6.18 Å². The van der Waals surface area contributed by atoms with Crippen LogP contribution in [0.3, 0.4) is 0 Å². The molecule has 3 amide bonds. The van der Waals surface area contributed by atoms with E-state index in [9.17, 15) is 22.8 Å². The van der Waals surface area contributed by atoms with Gasteiger partial charge in [-0.3, -0.25) is 10.1 Å². The minimum absolute atomic E-state index is 0.141. The fourth-order valence-electron chi connectivity index (χ4n) is 1.87. The number of halogens is 5. The summed E-state index contributed by atoms with van der Waals surface area (Å²) in [5.41, 5.74) is 0.726. The number of nitrogens with one attached hydrogen (secondary N) is 2. The summed E-state index contributed by atoms with van der Waals surface area (Å²) in [5, 5.41) is 4.71. The maximum Gasteiger partial charge on any atom is 0.422 e. The van der Waals surface area contributed by atoms with Gasteiger partial charge in [0, 0.05) is 5.69 Å². The number of alkyl halides is 3. The number of hydrogen-bond donors (Lipinski definition) is 2. The van der Waals surface area contributed by atoms with E-state index in [4.69, 9.17) is 11.6 Å². The average molecular weight is 448 g/mol. The Hall–Kier alpha value is -2.32. The monoisotopic (exact) mass is 446 g/mol. The van der Waals surface area contributed by atoms with Crippen LogP contribution < -0.4 is 10.6 Å². The molecule has 9 heteroatoms. The number of rotatable bonds is 3. The second kappa shape index (κ2) is 8.37. The van der Waals surface area contributed by atoms with Crippen molar-refractivity contribution in [1.29, 1.82) is 0 Å². The summed E-state index contributed by atoms with van der Waals surface area (Å²) < 4.78 is 36.4. The van der Waals surface area contributed by atoms with Gasteiger partial charge in [-0.25, -0.2) is 4.79 Å². The Balaban J connectivity index is 2.00. The van der Waals surface area contributed by atoms with Crippen molar-refractivity contribution in [3.05, 3.63) is 69.2 Å². The molecule has 136 valence electrons. The number of carbonyl (C=O) groups excluding carboxylic acids is 2. The molecule has 0 radical (unpaired) electrons. The average Bonchev–Trinajstić information content (AvgIpc) is 2.56. The quantitative estimate of drug-likeness (QED) is 0.643. The van der Waals surface area contributed by atoms with E-state index in [1.54, 1.807) is 12.1 Å². The minimum atomic E-state index is -4.48. The summed E-state index contributed by atoms with van der Waals surface area (Å²) in [6.45, 7) is 0. The number of benzene rings is 2. The first-order chi connectivity index (χ1) is 12.2. The Morgan fingerprint density at radius 2 is 1.65 bits per heavy atom. The van der Waals surface area contributed by atoms with Gasteiger partial charge >= 0.3 is 12.2 Å². The summed E-state index contributed by atoms with van der Waals surface area (Å²) in [6.07, 6.45) is -3.57. The number of carbonyl (C=O) groups is 2. The fraction of sp³-hybridized carbons (Fsp3) is 0.0588. The van der Waals surface area contributed by atoms with Gasteiger partial charge in [0.15, 0.2) is 0 Å². The summed E-state index contributed by atoms with van der Waals surface area (Å²) in [5.74, 6) is -0.679. The molecule has 0 heterocycles. The summed E-state index contributed by atoms with van der Waals surface area (Å²) in [7, 11) is 0. The van der Waals surface area contributed by atoms with Crippen LogP contribution in [0.15, 0.2) is 53.0 Å². The van der Waals surface area contributed by atoms with Gasteiger partial charge in [0.05, 0.1) is 15.1 Å². The highest BCUT2D eigenvalue weighted by Crippen LogP contribution is 2.32. The molecule has 0 spiro atoms. The molecule has 0 saturated carbocycles. The normalized spacial score (nSPS) is 11.8. The smallest absolute Gasteiger partial charge is 0.308 e.